The van der Waals surface area contributed by atoms with Crippen LogP contribution in [0.25, 0.3) is 0 Å². The molecule has 0 aliphatic carbocycles. The molecule has 0 rings (SSSR count). The molecule has 0 aromatic rings. The molecular formula is C14H26O4Sn. The van der Waals surface area contributed by atoms with Gasteiger partial charge in [-0.1, -0.05) is 0 Å². The number of hydrogen-bond donors (Lipinski definition) is 1. The third-order valence-electron chi connectivity index (χ3n) is 2.47. The van der Waals surface area contributed by atoms with Gasteiger partial charge < -0.3 is 5.11 Å². The molecular weight excluding hydrogens is 351 g/mol. The number of aliphatic carboxylic acids is 1. The second-order valence-electron chi connectivity index (χ2n) is 4.45. The number of rotatable bonds is 9. The summed E-state index contributed by atoms with van der Waals surface area (Å²) in [7, 11) is 0. The molecule has 0 amide bonds. The van der Waals surface area contributed by atoms with E-state index >= 15 is 0 Å². The maximum atomic E-state index is 10.4. The molecule has 4 nitrogen and oxygen atoms in total. The molecule has 0 unspecified atom stereocenters. The Morgan fingerprint density at radius 1 is 0.947 bits per heavy atom. The Labute approximate surface area is 126 Å². The first-order valence-corrected chi connectivity index (χ1v) is 10.9. The first kappa shape index (κ1) is 20.9. The van der Waals surface area contributed by atoms with Crippen LogP contribution < -0.4 is 0 Å². The summed E-state index contributed by atoms with van der Waals surface area (Å²) in [6.45, 7) is 6.75. The van der Waals surface area contributed by atoms with Gasteiger partial charge >= 0.3 is 75.5 Å². The quantitative estimate of drug-likeness (QED) is 0.381. The number of Topliss-reactive ketones (excluding diaryl/α,β-unsaturated/α-hetero) is 2. The van der Waals surface area contributed by atoms with Crippen molar-refractivity contribution in [2.24, 2.45) is 5.92 Å². The zero-order valence-corrected chi connectivity index (χ0v) is 15.3. The molecule has 0 fully saturated rings. The minimum atomic E-state index is -1.47. The molecule has 0 atom stereocenters. The Hall–Kier alpha value is -0.391. The first-order valence-electron chi connectivity index (χ1n) is 6.82. The van der Waals surface area contributed by atoms with E-state index in [0.29, 0.717) is 0 Å². The van der Waals surface area contributed by atoms with Crippen molar-refractivity contribution >= 4 is 38.7 Å². The van der Waals surface area contributed by atoms with Crippen molar-refractivity contribution in [3.05, 3.63) is 0 Å². The van der Waals surface area contributed by atoms with Crippen molar-refractivity contribution in [2.45, 2.75) is 62.3 Å². The van der Waals surface area contributed by atoms with Gasteiger partial charge in [-0.3, -0.25) is 14.4 Å². The first-order chi connectivity index (χ1) is 8.88. The number of carbonyl (C=O) groups excluding carboxylic acids is 2. The predicted octanol–water partition coefficient (Wildman–Crippen LogP) is 2.99. The molecule has 0 aromatic heterocycles. The van der Waals surface area contributed by atoms with Gasteiger partial charge in [0.15, 0.2) is 17.5 Å². The zero-order chi connectivity index (χ0) is 15.3. The third kappa shape index (κ3) is 13.8. The van der Waals surface area contributed by atoms with Crippen LogP contribution in [0, 0.1) is 5.92 Å². The molecule has 0 aliphatic heterocycles. The summed E-state index contributed by atoms with van der Waals surface area (Å²) in [4.78, 5) is 31.0. The normalized spacial score (nSPS) is 9.74. The average Bonchev–Trinajstić information content (AvgIpc) is 2.28. The van der Waals surface area contributed by atoms with Crippen LogP contribution in [0.4, 0.5) is 0 Å². The van der Waals surface area contributed by atoms with Crippen LogP contribution in [-0.4, -0.2) is 43.8 Å². The molecule has 5 heteroatoms. The van der Waals surface area contributed by atoms with Gasteiger partial charge in [0.25, 0.3) is 0 Å². The van der Waals surface area contributed by atoms with E-state index < -0.39 is 23.5 Å². The van der Waals surface area contributed by atoms with Crippen LogP contribution in [0.2, 0.25) is 8.87 Å². The molecule has 19 heavy (non-hydrogen) atoms. The van der Waals surface area contributed by atoms with Crippen molar-refractivity contribution in [2.75, 3.05) is 0 Å². The van der Waals surface area contributed by atoms with E-state index in [4.69, 9.17) is 5.11 Å². The summed E-state index contributed by atoms with van der Waals surface area (Å²) < 4.78 is 3.25. The van der Waals surface area contributed by atoms with E-state index in [1.165, 1.54) is 25.7 Å². The second kappa shape index (κ2) is 14.0. The number of ketones is 2. The molecule has 0 bridgehead atoms. The summed E-state index contributed by atoms with van der Waals surface area (Å²) in [5, 5.41) is 8.27. The summed E-state index contributed by atoms with van der Waals surface area (Å²) in [5.74, 6) is -4.10. The molecule has 0 aliphatic rings. The van der Waals surface area contributed by atoms with Crippen molar-refractivity contribution < 1.29 is 19.5 Å². The molecule has 0 spiro atoms. The van der Waals surface area contributed by atoms with Crippen LogP contribution in [0.5, 0.6) is 0 Å². The van der Waals surface area contributed by atoms with Gasteiger partial charge in [0.1, 0.15) is 0 Å². The summed E-state index contributed by atoms with van der Waals surface area (Å²) in [6.07, 6.45) is 5.84. The summed E-state index contributed by atoms with van der Waals surface area (Å²) >= 11 is 0.149. The van der Waals surface area contributed by atoms with E-state index in [9.17, 15) is 14.4 Å². The third-order valence-corrected chi connectivity index (χ3v) is 6.51. The molecule has 0 saturated carbocycles. The van der Waals surface area contributed by atoms with E-state index in [1.807, 2.05) is 0 Å². The van der Waals surface area contributed by atoms with Gasteiger partial charge in [-0.2, -0.15) is 0 Å². The maximum absolute atomic E-state index is 10.4. The van der Waals surface area contributed by atoms with Gasteiger partial charge in [0.05, 0.1) is 0 Å². The van der Waals surface area contributed by atoms with Crippen LogP contribution in [0.15, 0.2) is 0 Å². The fraction of sp³-hybridized carbons (Fsp3) is 0.786. The molecule has 0 aromatic carbocycles. The van der Waals surface area contributed by atoms with Crippen LogP contribution in [-0.2, 0) is 14.4 Å². The fourth-order valence-corrected chi connectivity index (χ4v) is 5.52. The predicted molar refractivity (Wildman–Crippen MR) is 77.7 cm³/mol. The Kier molecular flexibility index (Phi) is 15.4. The summed E-state index contributed by atoms with van der Waals surface area (Å²) in [5.41, 5.74) is 0. The van der Waals surface area contributed by atoms with Gasteiger partial charge in [0, 0.05) is 0 Å². The van der Waals surface area contributed by atoms with Crippen molar-refractivity contribution in [3.63, 3.8) is 0 Å². The van der Waals surface area contributed by atoms with Crippen molar-refractivity contribution in [1.29, 1.82) is 0 Å². The second-order valence-corrected chi connectivity index (χ2v) is 8.73. The van der Waals surface area contributed by atoms with E-state index in [2.05, 4.69) is 13.8 Å². The van der Waals surface area contributed by atoms with E-state index in [1.54, 1.807) is 8.87 Å². The van der Waals surface area contributed by atoms with Gasteiger partial charge in [-0.15, -0.1) is 0 Å². The van der Waals surface area contributed by atoms with E-state index in [0.717, 1.165) is 13.8 Å². The average molecular weight is 377 g/mol. The van der Waals surface area contributed by atoms with Crippen LogP contribution >= 0.6 is 0 Å². The van der Waals surface area contributed by atoms with Crippen LogP contribution in [0.3, 0.4) is 0 Å². The standard InChI is InChI=1S/C6H8O4.2C4H9.Sn/c1-3(7)5(4(2)8)6(9)10;2*1-3-4-2;/h5H,1-2H3,(H,9,10);2*1,3-4H2,2H3;. The molecule has 0 heterocycles. The van der Waals surface area contributed by atoms with Gasteiger partial charge in [-0.05, 0) is 13.8 Å². The fourth-order valence-electron chi connectivity index (χ4n) is 1.36. The van der Waals surface area contributed by atoms with Gasteiger partial charge in [0.2, 0.25) is 0 Å². The Morgan fingerprint density at radius 3 is 1.47 bits per heavy atom. The minimum absolute atomic E-state index is 0.149. The number of carboxylic acid groups (broad SMARTS) is 1. The van der Waals surface area contributed by atoms with Crippen molar-refractivity contribution in [3.8, 4) is 0 Å². The molecule has 2 radical (unpaired) electrons. The molecule has 1 N–H and O–H groups in total. The zero-order valence-electron chi connectivity index (χ0n) is 12.5. The molecule has 110 valence electrons. The SMILES string of the molecule is CC(=O)C(C(C)=O)C(=O)O.CCC[CH2][Sn][CH2]CCC. The van der Waals surface area contributed by atoms with E-state index in [-0.39, 0.29) is 21.1 Å². The number of carboxylic acids is 1. The summed E-state index contributed by atoms with van der Waals surface area (Å²) in [6, 6.07) is 0. The molecule has 0 saturated heterocycles. The number of unbranched alkanes of at least 4 members (excludes halogenated alkanes) is 2. The number of carbonyl (C=O) groups is 3. The Balaban J connectivity index is 0. The Morgan fingerprint density at radius 2 is 1.32 bits per heavy atom. The topological polar surface area (TPSA) is 71.4 Å². The van der Waals surface area contributed by atoms with Crippen LogP contribution in [0.1, 0.15) is 53.4 Å². The number of hydrogen-bond acceptors (Lipinski definition) is 3. The Bertz CT molecular complexity index is 237. The van der Waals surface area contributed by atoms with Gasteiger partial charge in [-0.25, -0.2) is 0 Å². The van der Waals surface area contributed by atoms with Crippen molar-refractivity contribution in [1.82, 2.24) is 0 Å². The monoisotopic (exact) mass is 378 g/mol.